The SMILES string of the molecule is COC(=O)[C@H](CC(C)C)NC(=O)[C@H](COC(C)(C)C)NC(=O)OCC1c2ccccc2-c2ccccc21. The number of benzene rings is 2. The smallest absolute Gasteiger partial charge is 0.407 e. The zero-order chi connectivity index (χ0) is 27.2. The number of carbonyl (C=O) groups is 3. The van der Waals surface area contributed by atoms with E-state index in [1.54, 1.807) is 0 Å². The predicted molar refractivity (Wildman–Crippen MR) is 141 cm³/mol. The third-order valence-electron chi connectivity index (χ3n) is 6.14. The highest BCUT2D eigenvalue weighted by molar-refractivity contribution is 5.89. The fourth-order valence-corrected chi connectivity index (χ4v) is 4.40. The van der Waals surface area contributed by atoms with Gasteiger partial charge in [0.25, 0.3) is 0 Å². The van der Waals surface area contributed by atoms with Gasteiger partial charge >= 0.3 is 12.1 Å². The molecule has 200 valence electrons. The number of alkyl carbamates (subject to hydrolysis) is 1. The van der Waals surface area contributed by atoms with Crippen LogP contribution in [0.3, 0.4) is 0 Å². The van der Waals surface area contributed by atoms with E-state index in [2.05, 4.69) is 22.8 Å². The molecule has 0 saturated heterocycles. The van der Waals surface area contributed by atoms with Crippen LogP contribution in [0.5, 0.6) is 0 Å². The lowest BCUT2D eigenvalue weighted by Crippen LogP contribution is -2.54. The highest BCUT2D eigenvalue weighted by atomic mass is 16.6. The van der Waals surface area contributed by atoms with E-state index >= 15 is 0 Å². The second-order valence-corrected chi connectivity index (χ2v) is 10.7. The average Bonchev–Trinajstić information content (AvgIpc) is 3.17. The molecular weight excluding hydrogens is 472 g/mol. The summed E-state index contributed by atoms with van der Waals surface area (Å²) in [5.41, 5.74) is 3.90. The normalized spacial score (nSPS) is 14.4. The maximum Gasteiger partial charge on any atom is 0.407 e. The van der Waals surface area contributed by atoms with Crippen LogP contribution < -0.4 is 10.6 Å². The van der Waals surface area contributed by atoms with Gasteiger partial charge in [0.1, 0.15) is 18.7 Å². The molecular formula is C29H38N2O6. The Kier molecular flexibility index (Phi) is 9.32. The standard InChI is InChI=1S/C29H38N2O6/c1-18(2)15-24(27(33)35-6)30-26(32)25(17-37-29(3,4)5)31-28(34)36-16-23-21-13-9-7-11-19(21)20-12-8-10-14-22(20)23/h7-14,18,23-25H,15-17H2,1-6H3,(H,30,32)(H,31,34)/t24-,25-/m0/s1. The summed E-state index contributed by atoms with van der Waals surface area (Å²) >= 11 is 0. The van der Waals surface area contributed by atoms with Crippen LogP contribution in [-0.4, -0.2) is 56.0 Å². The first-order chi connectivity index (χ1) is 17.5. The van der Waals surface area contributed by atoms with Crippen molar-refractivity contribution in [3.8, 4) is 11.1 Å². The Hall–Kier alpha value is -3.39. The van der Waals surface area contributed by atoms with Crippen molar-refractivity contribution < 1.29 is 28.6 Å². The fourth-order valence-electron chi connectivity index (χ4n) is 4.40. The van der Waals surface area contributed by atoms with Crippen LogP contribution >= 0.6 is 0 Å². The number of esters is 1. The van der Waals surface area contributed by atoms with Crippen LogP contribution in [0, 0.1) is 5.92 Å². The summed E-state index contributed by atoms with van der Waals surface area (Å²) in [5.74, 6) is -1.05. The van der Waals surface area contributed by atoms with Crippen LogP contribution in [0.1, 0.15) is 58.1 Å². The molecule has 2 amide bonds. The molecule has 0 unspecified atom stereocenters. The molecule has 1 aliphatic carbocycles. The number of hydrogen-bond acceptors (Lipinski definition) is 6. The van der Waals surface area contributed by atoms with Gasteiger partial charge in [0.05, 0.1) is 19.3 Å². The Labute approximate surface area is 219 Å². The summed E-state index contributed by atoms with van der Waals surface area (Å²) in [4.78, 5) is 38.2. The van der Waals surface area contributed by atoms with Crippen molar-refractivity contribution in [1.82, 2.24) is 10.6 Å². The molecule has 0 aromatic heterocycles. The maximum absolute atomic E-state index is 13.1. The molecule has 1 aliphatic rings. The van der Waals surface area contributed by atoms with Gasteiger partial charge in [-0.2, -0.15) is 0 Å². The lowest BCUT2D eigenvalue weighted by atomic mass is 9.98. The van der Waals surface area contributed by atoms with E-state index in [4.69, 9.17) is 14.2 Å². The number of nitrogens with one attached hydrogen (secondary N) is 2. The van der Waals surface area contributed by atoms with E-state index < -0.39 is 35.7 Å². The summed E-state index contributed by atoms with van der Waals surface area (Å²) in [5, 5.41) is 5.33. The topological polar surface area (TPSA) is 103 Å². The summed E-state index contributed by atoms with van der Waals surface area (Å²) < 4.78 is 16.2. The minimum Gasteiger partial charge on any atom is -0.467 e. The minimum atomic E-state index is -1.06. The van der Waals surface area contributed by atoms with Gasteiger partial charge in [-0.15, -0.1) is 0 Å². The first kappa shape index (κ1) is 28.2. The van der Waals surface area contributed by atoms with E-state index in [-0.39, 0.29) is 25.0 Å². The summed E-state index contributed by atoms with van der Waals surface area (Å²) in [7, 11) is 1.27. The van der Waals surface area contributed by atoms with Crippen LogP contribution in [0.2, 0.25) is 0 Å². The van der Waals surface area contributed by atoms with Gasteiger partial charge < -0.3 is 24.8 Å². The Balaban J connectivity index is 1.70. The predicted octanol–water partition coefficient (Wildman–Crippen LogP) is 4.41. The molecule has 8 heteroatoms. The minimum absolute atomic E-state index is 0.0882. The molecule has 3 rings (SSSR count). The van der Waals surface area contributed by atoms with E-state index in [0.29, 0.717) is 6.42 Å². The van der Waals surface area contributed by atoms with Gasteiger partial charge in [-0.1, -0.05) is 62.4 Å². The largest absolute Gasteiger partial charge is 0.467 e. The quantitative estimate of drug-likeness (QED) is 0.459. The number of fused-ring (bicyclic) bond motifs is 3. The van der Waals surface area contributed by atoms with Crippen LogP contribution in [-0.2, 0) is 23.8 Å². The molecule has 2 N–H and O–H groups in total. The monoisotopic (exact) mass is 510 g/mol. The van der Waals surface area contributed by atoms with Gasteiger partial charge in [0, 0.05) is 5.92 Å². The molecule has 37 heavy (non-hydrogen) atoms. The molecule has 0 spiro atoms. The third-order valence-corrected chi connectivity index (χ3v) is 6.14. The van der Waals surface area contributed by atoms with Gasteiger partial charge in [0.2, 0.25) is 5.91 Å². The van der Waals surface area contributed by atoms with Gasteiger partial charge in [-0.25, -0.2) is 9.59 Å². The molecule has 0 radical (unpaired) electrons. The Morgan fingerprint density at radius 3 is 1.97 bits per heavy atom. The zero-order valence-electron chi connectivity index (χ0n) is 22.5. The van der Waals surface area contributed by atoms with Crippen molar-refractivity contribution in [3.63, 3.8) is 0 Å². The highest BCUT2D eigenvalue weighted by Crippen LogP contribution is 2.44. The Morgan fingerprint density at radius 1 is 0.892 bits per heavy atom. The van der Waals surface area contributed by atoms with Crippen LogP contribution in [0.25, 0.3) is 11.1 Å². The fraction of sp³-hybridized carbons (Fsp3) is 0.483. The summed E-state index contributed by atoms with van der Waals surface area (Å²) in [6.45, 7) is 9.47. The number of hydrogen-bond donors (Lipinski definition) is 2. The molecule has 2 aromatic carbocycles. The van der Waals surface area contributed by atoms with E-state index in [1.165, 1.54) is 7.11 Å². The molecule has 0 heterocycles. The van der Waals surface area contributed by atoms with Gasteiger partial charge in [-0.3, -0.25) is 4.79 Å². The summed E-state index contributed by atoms with van der Waals surface area (Å²) in [6, 6.07) is 14.2. The maximum atomic E-state index is 13.1. The van der Waals surface area contributed by atoms with E-state index in [1.807, 2.05) is 71.0 Å². The van der Waals surface area contributed by atoms with Crippen molar-refractivity contribution in [1.29, 1.82) is 0 Å². The molecule has 8 nitrogen and oxygen atoms in total. The zero-order valence-corrected chi connectivity index (χ0v) is 22.5. The highest BCUT2D eigenvalue weighted by Gasteiger charge is 2.32. The first-order valence-corrected chi connectivity index (χ1v) is 12.6. The Morgan fingerprint density at radius 2 is 1.46 bits per heavy atom. The number of rotatable bonds is 10. The molecule has 0 saturated carbocycles. The third kappa shape index (κ3) is 7.55. The first-order valence-electron chi connectivity index (χ1n) is 12.6. The van der Waals surface area contributed by atoms with Crippen LogP contribution in [0.15, 0.2) is 48.5 Å². The lowest BCUT2D eigenvalue weighted by Gasteiger charge is -2.26. The molecule has 2 atom stereocenters. The van der Waals surface area contributed by atoms with Crippen molar-refractivity contribution >= 4 is 18.0 Å². The summed E-state index contributed by atoms with van der Waals surface area (Å²) in [6.07, 6.45) is -0.339. The van der Waals surface area contributed by atoms with E-state index in [0.717, 1.165) is 22.3 Å². The Bertz CT molecular complexity index is 1060. The number of amides is 2. The van der Waals surface area contributed by atoms with Gasteiger partial charge in [-0.05, 0) is 55.4 Å². The molecule has 0 bridgehead atoms. The molecule has 0 fully saturated rings. The second-order valence-electron chi connectivity index (χ2n) is 10.7. The molecule has 2 aromatic rings. The number of methoxy groups -OCH3 is 1. The second kappa shape index (κ2) is 12.2. The average molecular weight is 511 g/mol. The van der Waals surface area contributed by atoms with Gasteiger partial charge in [0.15, 0.2) is 0 Å². The number of ether oxygens (including phenoxy) is 3. The van der Waals surface area contributed by atoms with E-state index in [9.17, 15) is 14.4 Å². The van der Waals surface area contributed by atoms with Crippen molar-refractivity contribution in [2.45, 2.75) is 64.6 Å². The van der Waals surface area contributed by atoms with Crippen molar-refractivity contribution in [2.75, 3.05) is 20.3 Å². The lowest BCUT2D eigenvalue weighted by molar-refractivity contribution is -0.146. The molecule has 0 aliphatic heterocycles. The van der Waals surface area contributed by atoms with Crippen LogP contribution in [0.4, 0.5) is 4.79 Å². The van der Waals surface area contributed by atoms with Crippen molar-refractivity contribution in [2.24, 2.45) is 5.92 Å². The number of carbonyl (C=O) groups excluding carboxylic acids is 3. The van der Waals surface area contributed by atoms with Crippen molar-refractivity contribution in [3.05, 3.63) is 59.7 Å².